The van der Waals surface area contributed by atoms with Crippen molar-refractivity contribution >= 4 is 17.7 Å². The van der Waals surface area contributed by atoms with Crippen LogP contribution in [-0.2, 0) is 14.4 Å². The van der Waals surface area contributed by atoms with Gasteiger partial charge in [-0.15, -0.1) is 0 Å². The van der Waals surface area contributed by atoms with Crippen molar-refractivity contribution < 1.29 is 34.8 Å². The number of hydrogen-bond acceptors (Lipinski definition) is 5. The second-order valence-electron chi connectivity index (χ2n) is 5.75. The molecule has 0 aromatic heterocycles. The topological polar surface area (TPSA) is 132 Å². The van der Waals surface area contributed by atoms with Crippen molar-refractivity contribution in [3.63, 3.8) is 0 Å². The molecule has 0 saturated heterocycles. The van der Waals surface area contributed by atoms with E-state index in [9.17, 15) is 34.8 Å². The Morgan fingerprint density at radius 2 is 1.68 bits per heavy atom. The number of carboxylic acids is 2. The van der Waals surface area contributed by atoms with Gasteiger partial charge >= 0.3 is 11.9 Å². The lowest BCUT2D eigenvalue weighted by molar-refractivity contribution is -0.167. The van der Waals surface area contributed by atoms with Crippen molar-refractivity contribution in [1.82, 2.24) is 0 Å². The van der Waals surface area contributed by atoms with Crippen LogP contribution in [0.5, 0.6) is 5.75 Å². The van der Waals surface area contributed by atoms with Gasteiger partial charge in [0.05, 0.1) is 11.5 Å². The van der Waals surface area contributed by atoms with Crippen LogP contribution in [0.15, 0.2) is 24.3 Å². The Morgan fingerprint density at radius 1 is 1.14 bits per heavy atom. The van der Waals surface area contributed by atoms with Crippen molar-refractivity contribution in [3.05, 3.63) is 29.8 Å². The molecule has 4 unspecified atom stereocenters. The second-order valence-corrected chi connectivity index (χ2v) is 5.75. The first-order valence-corrected chi connectivity index (χ1v) is 6.65. The standard InChI is InChI=1S/C15H16O7/c1-15(22)6-9(17)11(13(18)19)10(12(15)14(20)21)7-2-4-8(16)5-3-7/h2-5,10-12,16,22H,6H2,1H3,(H,18,19)(H,20,21). The molecule has 0 aliphatic heterocycles. The van der Waals surface area contributed by atoms with Gasteiger partial charge in [-0.3, -0.25) is 14.4 Å². The van der Waals surface area contributed by atoms with E-state index in [4.69, 9.17) is 0 Å². The Bertz CT molecular complexity index is 617. The highest BCUT2D eigenvalue weighted by Crippen LogP contribution is 2.46. The van der Waals surface area contributed by atoms with Crippen molar-refractivity contribution in [2.24, 2.45) is 11.8 Å². The predicted molar refractivity (Wildman–Crippen MR) is 73.3 cm³/mol. The normalized spacial score (nSPS) is 31.7. The Kier molecular flexibility index (Phi) is 3.93. The summed E-state index contributed by atoms with van der Waals surface area (Å²) in [7, 11) is 0. The SMILES string of the molecule is CC1(O)CC(=O)C(C(=O)O)C(c2ccc(O)cc2)C1C(=O)O. The molecule has 1 aliphatic carbocycles. The minimum atomic E-state index is -1.85. The lowest BCUT2D eigenvalue weighted by Crippen LogP contribution is -2.54. The molecule has 0 heterocycles. The zero-order chi connectivity index (χ0) is 16.7. The molecule has 7 heteroatoms. The molecule has 0 spiro atoms. The quantitative estimate of drug-likeness (QED) is 0.601. The molecule has 22 heavy (non-hydrogen) atoms. The summed E-state index contributed by atoms with van der Waals surface area (Å²) in [5.74, 6) is -7.80. The number of benzene rings is 1. The number of phenolic OH excluding ortho intramolecular Hbond substituents is 1. The fourth-order valence-corrected chi connectivity index (χ4v) is 3.14. The molecule has 1 aromatic carbocycles. The summed E-state index contributed by atoms with van der Waals surface area (Å²) in [6.45, 7) is 1.22. The van der Waals surface area contributed by atoms with E-state index >= 15 is 0 Å². The van der Waals surface area contributed by atoms with Gasteiger partial charge in [0.2, 0.25) is 0 Å². The zero-order valence-corrected chi connectivity index (χ0v) is 11.8. The van der Waals surface area contributed by atoms with E-state index in [1.165, 1.54) is 31.2 Å². The zero-order valence-electron chi connectivity index (χ0n) is 11.8. The molecule has 1 aliphatic rings. The van der Waals surface area contributed by atoms with E-state index in [1.807, 2.05) is 0 Å². The van der Waals surface area contributed by atoms with Crippen LogP contribution in [0.25, 0.3) is 0 Å². The maximum Gasteiger partial charge on any atom is 0.314 e. The van der Waals surface area contributed by atoms with Gasteiger partial charge in [-0.25, -0.2) is 0 Å². The van der Waals surface area contributed by atoms with Crippen molar-refractivity contribution in [2.75, 3.05) is 0 Å². The van der Waals surface area contributed by atoms with Gasteiger partial charge in [-0.2, -0.15) is 0 Å². The highest BCUT2D eigenvalue weighted by Gasteiger charge is 2.56. The molecule has 0 amide bonds. The summed E-state index contributed by atoms with van der Waals surface area (Å²) in [5.41, 5.74) is -1.58. The molecule has 0 bridgehead atoms. The second kappa shape index (κ2) is 5.42. The third kappa shape index (κ3) is 2.67. The summed E-state index contributed by atoms with van der Waals surface area (Å²) < 4.78 is 0. The van der Waals surface area contributed by atoms with Crippen molar-refractivity contribution in [3.8, 4) is 5.75 Å². The summed E-state index contributed by atoms with van der Waals surface area (Å²) in [5, 5.41) is 38.4. The maximum atomic E-state index is 12.1. The van der Waals surface area contributed by atoms with E-state index in [-0.39, 0.29) is 11.3 Å². The number of carbonyl (C=O) groups is 3. The molecule has 1 aromatic rings. The number of rotatable bonds is 3. The van der Waals surface area contributed by atoms with E-state index in [1.54, 1.807) is 0 Å². The lowest BCUT2D eigenvalue weighted by atomic mass is 9.62. The summed E-state index contributed by atoms with van der Waals surface area (Å²) in [4.78, 5) is 35.1. The minimum Gasteiger partial charge on any atom is -0.508 e. The summed E-state index contributed by atoms with van der Waals surface area (Å²) in [6.07, 6.45) is -0.532. The van der Waals surface area contributed by atoms with E-state index in [2.05, 4.69) is 0 Å². The Balaban J connectivity index is 2.61. The first-order chi connectivity index (χ1) is 10.1. The van der Waals surface area contributed by atoms with Crippen LogP contribution in [0, 0.1) is 11.8 Å². The molecule has 1 saturated carbocycles. The first-order valence-electron chi connectivity index (χ1n) is 6.65. The Morgan fingerprint density at radius 3 is 2.14 bits per heavy atom. The van der Waals surface area contributed by atoms with Crippen LogP contribution >= 0.6 is 0 Å². The van der Waals surface area contributed by atoms with Gasteiger partial charge < -0.3 is 20.4 Å². The highest BCUT2D eigenvalue weighted by atomic mass is 16.4. The number of phenols is 1. The number of carboxylic acid groups (broad SMARTS) is 2. The van der Waals surface area contributed by atoms with Crippen LogP contribution < -0.4 is 0 Å². The number of Topliss-reactive ketones (excluding diaryl/α,β-unsaturated/α-hetero) is 1. The average Bonchev–Trinajstić information content (AvgIpc) is 2.36. The average molecular weight is 308 g/mol. The lowest BCUT2D eigenvalue weighted by Gasteiger charge is -2.42. The van der Waals surface area contributed by atoms with Gasteiger partial charge in [-0.05, 0) is 24.6 Å². The fraction of sp³-hybridized carbons (Fsp3) is 0.400. The third-order valence-corrected chi connectivity index (χ3v) is 4.08. The molecular weight excluding hydrogens is 292 g/mol. The van der Waals surface area contributed by atoms with Crippen LogP contribution in [0.4, 0.5) is 0 Å². The number of hydrogen-bond donors (Lipinski definition) is 4. The van der Waals surface area contributed by atoms with Gasteiger partial charge in [0.25, 0.3) is 0 Å². The van der Waals surface area contributed by atoms with Crippen molar-refractivity contribution in [2.45, 2.75) is 24.9 Å². The van der Waals surface area contributed by atoms with Crippen LogP contribution in [0.3, 0.4) is 0 Å². The van der Waals surface area contributed by atoms with E-state index < -0.39 is 47.5 Å². The Labute approximate surface area is 125 Å². The molecule has 2 rings (SSSR count). The maximum absolute atomic E-state index is 12.1. The monoisotopic (exact) mass is 308 g/mol. The summed E-state index contributed by atoms with van der Waals surface area (Å²) in [6, 6.07) is 5.28. The van der Waals surface area contributed by atoms with Gasteiger partial charge in [0.1, 0.15) is 11.7 Å². The fourth-order valence-electron chi connectivity index (χ4n) is 3.14. The van der Waals surface area contributed by atoms with Gasteiger partial charge in [0, 0.05) is 12.3 Å². The van der Waals surface area contributed by atoms with Gasteiger partial charge in [-0.1, -0.05) is 12.1 Å². The third-order valence-electron chi connectivity index (χ3n) is 4.08. The van der Waals surface area contributed by atoms with Crippen LogP contribution in [0.1, 0.15) is 24.8 Å². The van der Waals surface area contributed by atoms with Crippen LogP contribution in [0.2, 0.25) is 0 Å². The smallest absolute Gasteiger partial charge is 0.314 e. The van der Waals surface area contributed by atoms with E-state index in [0.717, 1.165) is 0 Å². The van der Waals surface area contributed by atoms with E-state index in [0.29, 0.717) is 0 Å². The predicted octanol–water partition coefficient (Wildman–Crippen LogP) is 0.601. The number of aromatic hydroxyl groups is 1. The number of ketones is 1. The van der Waals surface area contributed by atoms with Crippen LogP contribution in [-0.4, -0.2) is 43.7 Å². The summed E-state index contributed by atoms with van der Waals surface area (Å²) >= 11 is 0. The molecule has 0 radical (unpaired) electrons. The molecule has 118 valence electrons. The highest BCUT2D eigenvalue weighted by molar-refractivity contribution is 6.02. The number of aliphatic hydroxyl groups is 1. The molecule has 1 fully saturated rings. The molecule has 4 N–H and O–H groups in total. The largest absolute Gasteiger partial charge is 0.508 e. The number of carbonyl (C=O) groups excluding carboxylic acids is 1. The Hall–Kier alpha value is -2.41. The van der Waals surface area contributed by atoms with Gasteiger partial charge in [0.15, 0.2) is 5.78 Å². The first kappa shape index (κ1) is 16.0. The molecular formula is C15H16O7. The minimum absolute atomic E-state index is 0.0728. The molecule has 4 atom stereocenters. The van der Waals surface area contributed by atoms with Crippen molar-refractivity contribution in [1.29, 1.82) is 0 Å². The number of aliphatic carboxylic acids is 2. The molecule has 7 nitrogen and oxygen atoms in total.